The zero-order valence-corrected chi connectivity index (χ0v) is 17.5. The Kier molecular flexibility index (Phi) is 5.58. The summed E-state index contributed by atoms with van der Waals surface area (Å²) in [5, 5.41) is 1.00. The molecule has 0 atom stereocenters. The smallest absolute Gasteiger partial charge is 0.227 e. The van der Waals surface area contributed by atoms with E-state index in [0.717, 1.165) is 28.0 Å². The Morgan fingerprint density at radius 3 is 2.45 bits per heavy atom. The Bertz CT molecular complexity index is 1040. The molecule has 0 spiro atoms. The minimum Gasteiger partial charge on any atom is -0.352 e. The highest BCUT2D eigenvalue weighted by Gasteiger charge is 2.25. The van der Waals surface area contributed by atoms with E-state index in [1.807, 2.05) is 35.2 Å². The van der Waals surface area contributed by atoms with E-state index in [1.165, 1.54) is 11.8 Å². The molecule has 29 heavy (non-hydrogen) atoms. The van der Waals surface area contributed by atoms with Crippen molar-refractivity contribution in [2.45, 2.75) is 26.7 Å². The first-order valence-electron chi connectivity index (χ1n) is 9.93. The lowest BCUT2D eigenvalue weighted by Crippen LogP contribution is -2.49. The maximum absolute atomic E-state index is 12.6. The van der Waals surface area contributed by atoms with Crippen LogP contribution in [0.2, 0.25) is 0 Å². The predicted octanol–water partition coefficient (Wildman–Crippen LogP) is 3.35. The minimum absolute atomic E-state index is 0.128. The molecule has 0 unspecified atom stereocenters. The SMILES string of the molecule is CCc1cc2c(N3CCN(C(=O)Cc4ccccc4)CC3)nc(C(C)=O)nc2s1. The highest BCUT2D eigenvalue weighted by molar-refractivity contribution is 7.18. The summed E-state index contributed by atoms with van der Waals surface area (Å²) in [5.74, 6) is 1.10. The summed E-state index contributed by atoms with van der Waals surface area (Å²) in [5.41, 5.74) is 1.04. The molecule has 150 valence electrons. The number of ketones is 1. The van der Waals surface area contributed by atoms with E-state index in [1.54, 1.807) is 11.3 Å². The van der Waals surface area contributed by atoms with Gasteiger partial charge in [0.05, 0.1) is 11.8 Å². The molecular weight excluding hydrogens is 384 g/mol. The van der Waals surface area contributed by atoms with Crippen LogP contribution in [0.1, 0.15) is 34.9 Å². The van der Waals surface area contributed by atoms with E-state index in [-0.39, 0.29) is 17.5 Å². The number of benzene rings is 1. The van der Waals surface area contributed by atoms with Gasteiger partial charge in [-0.3, -0.25) is 9.59 Å². The first kappa shape index (κ1) is 19.5. The Balaban J connectivity index is 1.52. The number of fused-ring (bicyclic) bond motifs is 1. The molecule has 1 aliphatic heterocycles. The van der Waals surface area contributed by atoms with Crippen molar-refractivity contribution in [2.24, 2.45) is 0 Å². The van der Waals surface area contributed by atoms with Crippen LogP contribution in [0.5, 0.6) is 0 Å². The van der Waals surface area contributed by atoms with Crippen LogP contribution in [0.3, 0.4) is 0 Å². The van der Waals surface area contributed by atoms with Crippen molar-refractivity contribution in [3.05, 3.63) is 52.7 Å². The lowest BCUT2D eigenvalue weighted by molar-refractivity contribution is -0.130. The number of hydrogen-bond donors (Lipinski definition) is 0. The fourth-order valence-corrected chi connectivity index (χ4v) is 4.54. The Labute approximate surface area is 174 Å². The molecule has 1 aromatic carbocycles. The second-order valence-corrected chi connectivity index (χ2v) is 8.36. The van der Waals surface area contributed by atoms with Gasteiger partial charge in [-0.25, -0.2) is 9.97 Å². The zero-order valence-electron chi connectivity index (χ0n) is 16.7. The van der Waals surface area contributed by atoms with Crippen molar-refractivity contribution < 1.29 is 9.59 Å². The number of amides is 1. The maximum Gasteiger partial charge on any atom is 0.227 e. The minimum atomic E-state index is -0.128. The third-order valence-corrected chi connectivity index (χ3v) is 6.39. The third kappa shape index (κ3) is 4.15. The number of aromatic nitrogens is 2. The highest BCUT2D eigenvalue weighted by Crippen LogP contribution is 2.32. The monoisotopic (exact) mass is 408 g/mol. The number of hydrogen-bond acceptors (Lipinski definition) is 6. The van der Waals surface area contributed by atoms with Crippen LogP contribution in [0, 0.1) is 0 Å². The molecule has 1 fully saturated rings. The number of carbonyl (C=O) groups excluding carboxylic acids is 2. The van der Waals surface area contributed by atoms with Crippen molar-refractivity contribution in [2.75, 3.05) is 31.1 Å². The standard InChI is InChI=1S/C22H24N4O2S/c1-3-17-14-18-21(23-20(15(2)27)24-22(18)29-17)26-11-9-25(10-12-26)19(28)13-16-7-5-4-6-8-16/h4-8,14H,3,9-13H2,1-2H3. The van der Waals surface area contributed by atoms with Crippen molar-refractivity contribution in [3.63, 3.8) is 0 Å². The van der Waals surface area contributed by atoms with E-state index in [0.29, 0.717) is 32.6 Å². The number of nitrogens with zero attached hydrogens (tertiary/aromatic N) is 4. The second kappa shape index (κ2) is 8.29. The molecular formula is C22H24N4O2S. The fraction of sp³-hybridized carbons (Fsp3) is 0.364. The molecule has 0 saturated carbocycles. The van der Waals surface area contributed by atoms with Crippen molar-refractivity contribution in [1.29, 1.82) is 0 Å². The molecule has 7 heteroatoms. The number of anilines is 1. The quantitative estimate of drug-likeness (QED) is 0.606. The molecule has 1 aliphatic rings. The topological polar surface area (TPSA) is 66.4 Å². The normalized spacial score (nSPS) is 14.4. The highest BCUT2D eigenvalue weighted by atomic mass is 32.1. The molecule has 0 radical (unpaired) electrons. The average molecular weight is 409 g/mol. The third-order valence-electron chi connectivity index (χ3n) is 5.22. The van der Waals surface area contributed by atoms with Gasteiger partial charge in [0.1, 0.15) is 10.6 Å². The van der Waals surface area contributed by atoms with Gasteiger partial charge in [-0.2, -0.15) is 0 Å². The van der Waals surface area contributed by atoms with E-state index in [9.17, 15) is 9.59 Å². The molecule has 0 bridgehead atoms. The molecule has 0 aliphatic carbocycles. The molecule has 2 aromatic heterocycles. The molecule has 4 rings (SSSR count). The zero-order chi connectivity index (χ0) is 20.4. The first-order valence-corrected chi connectivity index (χ1v) is 10.7. The summed E-state index contributed by atoms with van der Waals surface area (Å²) in [7, 11) is 0. The van der Waals surface area contributed by atoms with Gasteiger partial charge in [-0.05, 0) is 18.1 Å². The van der Waals surface area contributed by atoms with Crippen LogP contribution in [-0.2, 0) is 17.6 Å². The first-order chi connectivity index (χ1) is 14.0. The van der Waals surface area contributed by atoms with Gasteiger partial charge in [0.25, 0.3) is 0 Å². The van der Waals surface area contributed by atoms with Gasteiger partial charge in [0.15, 0.2) is 11.6 Å². The molecule has 0 N–H and O–H groups in total. The Hall–Kier alpha value is -2.80. The molecule has 6 nitrogen and oxygen atoms in total. The number of rotatable bonds is 5. The largest absolute Gasteiger partial charge is 0.352 e. The lowest BCUT2D eigenvalue weighted by Gasteiger charge is -2.35. The Morgan fingerprint density at radius 1 is 1.07 bits per heavy atom. The number of piperazine rings is 1. The average Bonchev–Trinajstić information content (AvgIpc) is 3.17. The fourth-order valence-electron chi connectivity index (χ4n) is 3.58. The summed E-state index contributed by atoms with van der Waals surface area (Å²) in [6.45, 7) is 6.30. The molecule has 1 saturated heterocycles. The summed E-state index contributed by atoms with van der Waals surface area (Å²) in [4.78, 5) is 39.8. The number of thiophene rings is 1. The van der Waals surface area contributed by atoms with Gasteiger partial charge in [-0.15, -0.1) is 11.3 Å². The van der Waals surface area contributed by atoms with Crippen LogP contribution in [0.15, 0.2) is 36.4 Å². The number of carbonyl (C=O) groups is 2. The van der Waals surface area contributed by atoms with E-state index >= 15 is 0 Å². The Morgan fingerprint density at radius 2 is 1.79 bits per heavy atom. The van der Waals surface area contributed by atoms with Crippen LogP contribution < -0.4 is 4.90 Å². The molecule has 3 heterocycles. The van der Waals surface area contributed by atoms with Gasteiger partial charge >= 0.3 is 0 Å². The van der Waals surface area contributed by atoms with Crippen LogP contribution >= 0.6 is 11.3 Å². The van der Waals surface area contributed by atoms with Crippen molar-refractivity contribution in [3.8, 4) is 0 Å². The van der Waals surface area contributed by atoms with Crippen LogP contribution in [0.4, 0.5) is 5.82 Å². The predicted molar refractivity (Wildman–Crippen MR) is 116 cm³/mol. The van der Waals surface area contributed by atoms with Gasteiger partial charge < -0.3 is 9.80 Å². The number of Topliss-reactive ketones (excluding diaryl/α,β-unsaturated/α-hetero) is 1. The van der Waals surface area contributed by atoms with Crippen LogP contribution in [-0.4, -0.2) is 52.7 Å². The summed E-state index contributed by atoms with van der Waals surface area (Å²) < 4.78 is 0. The van der Waals surface area contributed by atoms with Crippen LogP contribution in [0.25, 0.3) is 10.2 Å². The lowest BCUT2D eigenvalue weighted by atomic mass is 10.1. The summed E-state index contributed by atoms with van der Waals surface area (Å²) in [6.07, 6.45) is 1.36. The van der Waals surface area contributed by atoms with E-state index in [4.69, 9.17) is 0 Å². The van der Waals surface area contributed by atoms with Gasteiger partial charge in [-0.1, -0.05) is 37.3 Å². The van der Waals surface area contributed by atoms with Crippen molar-refractivity contribution >= 4 is 39.1 Å². The summed E-state index contributed by atoms with van der Waals surface area (Å²) in [6, 6.07) is 12.0. The maximum atomic E-state index is 12.6. The molecule has 3 aromatic rings. The molecule has 1 amide bonds. The second-order valence-electron chi connectivity index (χ2n) is 7.24. The van der Waals surface area contributed by atoms with Crippen molar-refractivity contribution in [1.82, 2.24) is 14.9 Å². The van der Waals surface area contributed by atoms with E-state index < -0.39 is 0 Å². The van der Waals surface area contributed by atoms with Gasteiger partial charge in [0, 0.05) is 38.0 Å². The number of aryl methyl sites for hydroxylation is 1. The van der Waals surface area contributed by atoms with Gasteiger partial charge in [0.2, 0.25) is 5.91 Å². The summed E-state index contributed by atoms with van der Waals surface area (Å²) >= 11 is 1.62. The van der Waals surface area contributed by atoms with E-state index in [2.05, 4.69) is 27.9 Å².